The number of sulfonamides is 1. The Balaban J connectivity index is 1.72. The van der Waals surface area contributed by atoms with Crippen molar-refractivity contribution >= 4 is 50.6 Å². The fraction of sp³-hybridized carbons (Fsp3) is 0.333. The first-order valence-electron chi connectivity index (χ1n) is 8.92. The number of hydrogen-bond donors (Lipinski definition) is 0. The lowest BCUT2D eigenvalue weighted by atomic mass is 10.3. The quantitative estimate of drug-likeness (QED) is 0.341. The van der Waals surface area contributed by atoms with Crippen molar-refractivity contribution in [3.8, 4) is 5.75 Å². The van der Waals surface area contributed by atoms with Crippen molar-refractivity contribution in [1.29, 1.82) is 0 Å². The molecule has 29 heavy (non-hydrogen) atoms. The van der Waals surface area contributed by atoms with Gasteiger partial charge in [0, 0.05) is 30.1 Å². The topological polar surface area (TPSA) is 76.8 Å². The lowest BCUT2D eigenvalue weighted by molar-refractivity contribution is 0.344. The first-order chi connectivity index (χ1) is 13.9. The van der Waals surface area contributed by atoms with Gasteiger partial charge in [0.15, 0.2) is 10.8 Å². The molecule has 11 heteroatoms. The van der Waals surface area contributed by atoms with Crippen LogP contribution < -0.4 is 4.74 Å². The van der Waals surface area contributed by atoms with Crippen LogP contribution in [-0.2, 0) is 10.0 Å². The highest BCUT2D eigenvalue weighted by Gasteiger charge is 2.22. The number of aromatic nitrogens is 3. The molecule has 1 aromatic carbocycles. The third-order valence-electron chi connectivity index (χ3n) is 4.15. The summed E-state index contributed by atoms with van der Waals surface area (Å²) in [6, 6.07) is 8.25. The zero-order valence-electron chi connectivity index (χ0n) is 15.9. The standard InChI is InChI=1S/C18H20Cl2N4O3S2/c1-3-23(4-2)29(25,26)14-6-8-17-21-22-18(24(17)12-14)28-10-9-27-16-7-5-13(19)11-15(16)20/h5-8,11-12H,3-4,9-10H2,1-2H3. The lowest BCUT2D eigenvalue weighted by Crippen LogP contribution is -2.30. The van der Waals surface area contributed by atoms with Crippen molar-refractivity contribution in [3.05, 3.63) is 46.6 Å². The number of halogens is 2. The van der Waals surface area contributed by atoms with E-state index < -0.39 is 10.0 Å². The summed E-state index contributed by atoms with van der Waals surface area (Å²) >= 11 is 13.4. The van der Waals surface area contributed by atoms with E-state index in [4.69, 9.17) is 27.9 Å². The van der Waals surface area contributed by atoms with Crippen LogP contribution in [0.2, 0.25) is 10.0 Å². The van der Waals surface area contributed by atoms with E-state index in [0.717, 1.165) is 0 Å². The van der Waals surface area contributed by atoms with Gasteiger partial charge in [0.2, 0.25) is 10.0 Å². The predicted octanol–water partition coefficient (Wildman–Crippen LogP) is 4.24. The van der Waals surface area contributed by atoms with Gasteiger partial charge in [0.1, 0.15) is 5.75 Å². The number of benzene rings is 1. The Bertz CT molecular complexity index is 1100. The maximum absolute atomic E-state index is 12.8. The van der Waals surface area contributed by atoms with Crippen molar-refractivity contribution in [3.63, 3.8) is 0 Å². The molecule has 0 aliphatic carbocycles. The van der Waals surface area contributed by atoms with Gasteiger partial charge < -0.3 is 4.74 Å². The molecule has 0 atom stereocenters. The van der Waals surface area contributed by atoms with Gasteiger partial charge in [-0.05, 0) is 30.3 Å². The Morgan fingerprint density at radius 1 is 1.14 bits per heavy atom. The number of nitrogens with zero attached hydrogens (tertiary/aromatic N) is 4. The summed E-state index contributed by atoms with van der Waals surface area (Å²) in [6.45, 7) is 4.83. The second-order valence-electron chi connectivity index (χ2n) is 5.94. The molecule has 0 spiro atoms. The summed E-state index contributed by atoms with van der Waals surface area (Å²) in [5.41, 5.74) is 0.577. The summed E-state index contributed by atoms with van der Waals surface area (Å²) < 4.78 is 34.3. The molecule has 7 nitrogen and oxygen atoms in total. The van der Waals surface area contributed by atoms with Crippen LogP contribution in [0, 0.1) is 0 Å². The second kappa shape index (κ2) is 9.53. The third kappa shape index (κ3) is 4.97. The monoisotopic (exact) mass is 474 g/mol. The average molecular weight is 475 g/mol. The van der Waals surface area contributed by atoms with E-state index in [1.165, 1.54) is 16.1 Å². The summed E-state index contributed by atoms with van der Waals surface area (Å²) in [6.07, 6.45) is 1.56. The molecule has 2 heterocycles. The number of fused-ring (bicyclic) bond motifs is 1. The largest absolute Gasteiger partial charge is 0.491 e. The Labute approximate surface area is 184 Å². The molecule has 0 unspecified atom stereocenters. The van der Waals surface area contributed by atoms with Gasteiger partial charge in [-0.2, -0.15) is 4.31 Å². The van der Waals surface area contributed by atoms with Crippen LogP contribution in [0.4, 0.5) is 0 Å². The number of pyridine rings is 1. The van der Waals surface area contributed by atoms with Crippen LogP contribution >= 0.6 is 35.0 Å². The zero-order valence-corrected chi connectivity index (χ0v) is 19.0. The molecule has 0 amide bonds. The van der Waals surface area contributed by atoms with Crippen molar-refractivity contribution in [2.24, 2.45) is 0 Å². The van der Waals surface area contributed by atoms with Gasteiger partial charge in [-0.1, -0.05) is 48.8 Å². The summed E-state index contributed by atoms with van der Waals surface area (Å²) in [4.78, 5) is 0.208. The fourth-order valence-electron chi connectivity index (χ4n) is 2.69. The Hall–Kier alpha value is -1.52. The van der Waals surface area contributed by atoms with Crippen molar-refractivity contribution in [2.45, 2.75) is 23.9 Å². The van der Waals surface area contributed by atoms with Gasteiger partial charge in [-0.15, -0.1) is 10.2 Å². The maximum atomic E-state index is 12.8. The van der Waals surface area contributed by atoms with E-state index in [0.29, 0.717) is 52.0 Å². The van der Waals surface area contributed by atoms with Gasteiger partial charge in [0.25, 0.3) is 0 Å². The maximum Gasteiger partial charge on any atom is 0.244 e. The highest BCUT2D eigenvalue weighted by atomic mass is 35.5. The average Bonchev–Trinajstić information content (AvgIpc) is 3.09. The number of rotatable bonds is 9. The smallest absolute Gasteiger partial charge is 0.244 e. The van der Waals surface area contributed by atoms with E-state index in [1.54, 1.807) is 40.9 Å². The molecule has 0 saturated carbocycles. The summed E-state index contributed by atoms with van der Waals surface area (Å²) in [5.74, 6) is 1.13. The Kier molecular flexibility index (Phi) is 7.28. The van der Waals surface area contributed by atoms with Crippen molar-refractivity contribution in [1.82, 2.24) is 18.9 Å². The van der Waals surface area contributed by atoms with Crippen LogP contribution in [0.5, 0.6) is 5.75 Å². The Morgan fingerprint density at radius 3 is 2.59 bits per heavy atom. The minimum absolute atomic E-state index is 0.208. The molecular weight excluding hydrogens is 455 g/mol. The fourth-order valence-corrected chi connectivity index (χ4v) is 5.34. The summed E-state index contributed by atoms with van der Waals surface area (Å²) in [5, 5.41) is 9.82. The van der Waals surface area contributed by atoms with Gasteiger partial charge in [0.05, 0.1) is 16.5 Å². The van der Waals surface area contributed by atoms with Crippen molar-refractivity contribution < 1.29 is 13.2 Å². The van der Waals surface area contributed by atoms with E-state index in [9.17, 15) is 8.42 Å². The number of ether oxygens (including phenoxy) is 1. The second-order valence-corrected chi connectivity index (χ2v) is 9.78. The molecule has 0 bridgehead atoms. The van der Waals surface area contributed by atoms with E-state index >= 15 is 0 Å². The SMILES string of the molecule is CCN(CC)S(=O)(=O)c1ccc2nnc(SCCOc3ccc(Cl)cc3Cl)n2c1. The highest BCUT2D eigenvalue weighted by molar-refractivity contribution is 7.99. The number of hydrogen-bond acceptors (Lipinski definition) is 6. The molecule has 0 aliphatic heterocycles. The summed E-state index contributed by atoms with van der Waals surface area (Å²) in [7, 11) is -3.56. The molecule has 2 aromatic heterocycles. The van der Waals surface area contributed by atoms with E-state index in [2.05, 4.69) is 10.2 Å². The van der Waals surface area contributed by atoms with E-state index in [-0.39, 0.29) is 4.90 Å². The zero-order chi connectivity index (χ0) is 21.0. The van der Waals surface area contributed by atoms with Crippen molar-refractivity contribution in [2.75, 3.05) is 25.4 Å². The first kappa shape index (κ1) is 22.2. The van der Waals surface area contributed by atoms with Crippen LogP contribution in [0.15, 0.2) is 46.6 Å². The molecule has 0 N–H and O–H groups in total. The lowest BCUT2D eigenvalue weighted by Gasteiger charge is -2.18. The van der Waals surface area contributed by atoms with Crippen LogP contribution in [0.25, 0.3) is 5.65 Å². The van der Waals surface area contributed by atoms with Gasteiger partial charge in [-0.25, -0.2) is 8.42 Å². The molecule has 0 saturated heterocycles. The van der Waals surface area contributed by atoms with Crippen LogP contribution in [0.1, 0.15) is 13.8 Å². The molecule has 0 fully saturated rings. The minimum atomic E-state index is -3.56. The number of thioether (sulfide) groups is 1. The van der Waals surface area contributed by atoms with Crippen LogP contribution in [0.3, 0.4) is 0 Å². The molecule has 3 aromatic rings. The minimum Gasteiger partial charge on any atom is -0.491 e. The predicted molar refractivity (Wildman–Crippen MR) is 116 cm³/mol. The highest BCUT2D eigenvalue weighted by Crippen LogP contribution is 2.28. The Morgan fingerprint density at radius 2 is 1.90 bits per heavy atom. The van der Waals surface area contributed by atoms with Gasteiger partial charge >= 0.3 is 0 Å². The first-order valence-corrected chi connectivity index (χ1v) is 12.1. The molecule has 0 radical (unpaired) electrons. The molecule has 3 rings (SSSR count). The molecule has 0 aliphatic rings. The van der Waals surface area contributed by atoms with Gasteiger partial charge in [-0.3, -0.25) is 4.40 Å². The van der Waals surface area contributed by atoms with Crippen LogP contribution in [-0.4, -0.2) is 52.8 Å². The van der Waals surface area contributed by atoms with E-state index in [1.807, 2.05) is 13.8 Å². The molecular formula is C18H20Cl2N4O3S2. The normalized spacial score (nSPS) is 12.0. The third-order valence-corrected chi connectivity index (χ3v) is 7.62. The molecule has 156 valence electrons.